The third-order valence-electron chi connectivity index (χ3n) is 3.91. The third-order valence-corrected chi connectivity index (χ3v) is 5.04. The molecule has 0 saturated carbocycles. The summed E-state index contributed by atoms with van der Waals surface area (Å²) in [6.07, 6.45) is 0.880. The molecule has 8 heteroatoms. The van der Waals surface area contributed by atoms with Gasteiger partial charge in [-0.25, -0.2) is 9.98 Å². The Hall–Kier alpha value is -1.68. The molecule has 0 fully saturated rings. The number of benzene rings is 1. The lowest BCUT2D eigenvalue weighted by Gasteiger charge is -2.10. The Bertz CT molecular complexity index is 738. The lowest BCUT2D eigenvalue weighted by atomic mass is 10.1. The lowest BCUT2D eigenvalue weighted by molar-refractivity contribution is 0.0963. The minimum atomic E-state index is -0.0808. The molecule has 1 heterocycles. The summed E-state index contributed by atoms with van der Waals surface area (Å²) in [5.74, 6) is 0.704. The number of hydrogen-bond acceptors (Lipinski definition) is 4. The highest BCUT2D eigenvalue weighted by Gasteiger charge is 2.05. The van der Waals surface area contributed by atoms with Gasteiger partial charge in [0.1, 0.15) is 0 Å². The minimum absolute atomic E-state index is 0. The monoisotopic (exact) mass is 501 g/mol. The van der Waals surface area contributed by atoms with Gasteiger partial charge in [-0.05, 0) is 38.5 Å². The molecule has 27 heavy (non-hydrogen) atoms. The van der Waals surface area contributed by atoms with E-state index in [2.05, 4.69) is 32.9 Å². The second-order valence-corrected chi connectivity index (χ2v) is 7.18. The average Bonchev–Trinajstić information content (AvgIpc) is 2.97. The number of guanidine groups is 1. The fraction of sp³-hybridized carbons (Fsp3) is 0.421. The van der Waals surface area contributed by atoms with E-state index < -0.39 is 0 Å². The van der Waals surface area contributed by atoms with Crippen LogP contribution in [-0.2, 0) is 13.0 Å². The first-order chi connectivity index (χ1) is 12.5. The molecule has 1 aromatic carbocycles. The number of aromatic nitrogens is 1. The summed E-state index contributed by atoms with van der Waals surface area (Å²) in [7, 11) is 1.63. The molecule has 2 rings (SSSR count). The summed E-state index contributed by atoms with van der Waals surface area (Å²) in [6, 6.07) is 7.49. The van der Waals surface area contributed by atoms with Crippen LogP contribution in [0.15, 0.2) is 29.3 Å². The van der Waals surface area contributed by atoms with E-state index in [1.54, 1.807) is 18.4 Å². The summed E-state index contributed by atoms with van der Waals surface area (Å²) in [5.41, 5.74) is 2.83. The number of rotatable bonds is 7. The van der Waals surface area contributed by atoms with E-state index in [9.17, 15) is 4.79 Å². The van der Waals surface area contributed by atoms with Gasteiger partial charge < -0.3 is 16.0 Å². The Morgan fingerprint density at radius 1 is 1.19 bits per heavy atom. The van der Waals surface area contributed by atoms with Crippen molar-refractivity contribution in [1.29, 1.82) is 0 Å². The van der Waals surface area contributed by atoms with Gasteiger partial charge in [0.05, 0.1) is 17.2 Å². The summed E-state index contributed by atoms with van der Waals surface area (Å²) in [5, 5.41) is 10.4. The Morgan fingerprint density at radius 3 is 2.44 bits per heavy atom. The number of amides is 1. The summed E-state index contributed by atoms with van der Waals surface area (Å²) < 4.78 is 0. The SMILES string of the molecule is CCNC(=NCc1ccc(C(=O)NC)cc1)NCCc1nc(C)c(C)s1.I. The highest BCUT2D eigenvalue weighted by molar-refractivity contribution is 14.0. The van der Waals surface area contributed by atoms with Gasteiger partial charge in [-0.1, -0.05) is 12.1 Å². The molecule has 0 aliphatic heterocycles. The zero-order valence-electron chi connectivity index (χ0n) is 16.3. The number of carbonyl (C=O) groups excluding carboxylic acids is 1. The van der Waals surface area contributed by atoms with E-state index in [-0.39, 0.29) is 29.9 Å². The van der Waals surface area contributed by atoms with Gasteiger partial charge in [0.2, 0.25) is 0 Å². The fourth-order valence-corrected chi connectivity index (χ4v) is 3.29. The molecule has 2 aromatic rings. The smallest absolute Gasteiger partial charge is 0.251 e. The van der Waals surface area contributed by atoms with Crippen LogP contribution in [0.5, 0.6) is 0 Å². The van der Waals surface area contributed by atoms with Crippen LogP contribution in [0.4, 0.5) is 0 Å². The molecular formula is C19H28IN5OS. The molecule has 148 valence electrons. The first-order valence-electron chi connectivity index (χ1n) is 8.79. The third kappa shape index (κ3) is 7.45. The molecular weight excluding hydrogens is 473 g/mol. The van der Waals surface area contributed by atoms with Crippen molar-refractivity contribution < 1.29 is 4.79 Å². The topological polar surface area (TPSA) is 78.4 Å². The van der Waals surface area contributed by atoms with E-state index in [1.165, 1.54) is 4.88 Å². The second kappa shape index (κ2) is 11.9. The molecule has 3 N–H and O–H groups in total. The molecule has 0 aliphatic rings. The van der Waals surface area contributed by atoms with Crippen LogP contribution in [0.2, 0.25) is 0 Å². The Kier molecular flexibility index (Phi) is 10.3. The van der Waals surface area contributed by atoms with Crippen molar-refractivity contribution in [2.75, 3.05) is 20.1 Å². The van der Waals surface area contributed by atoms with Gasteiger partial charge in [-0.15, -0.1) is 35.3 Å². The molecule has 0 bridgehead atoms. The predicted octanol–water partition coefficient (Wildman–Crippen LogP) is 3.04. The van der Waals surface area contributed by atoms with Crippen LogP contribution in [0.1, 0.15) is 38.4 Å². The number of thiazole rings is 1. The number of aryl methyl sites for hydroxylation is 2. The lowest BCUT2D eigenvalue weighted by Crippen LogP contribution is -2.38. The summed E-state index contributed by atoms with van der Waals surface area (Å²) in [4.78, 5) is 22.0. The standard InChI is InChI=1S/C19H27N5OS.HI/c1-5-21-19(22-11-10-17-24-13(2)14(3)26-17)23-12-15-6-8-16(9-7-15)18(25)20-4;/h6-9H,5,10-12H2,1-4H3,(H,20,25)(H2,21,22,23);1H. The quantitative estimate of drug-likeness (QED) is 0.310. The van der Waals surface area contributed by atoms with E-state index in [4.69, 9.17) is 0 Å². The van der Waals surface area contributed by atoms with Crippen LogP contribution in [-0.4, -0.2) is 37.0 Å². The van der Waals surface area contributed by atoms with Crippen molar-refractivity contribution >= 4 is 47.2 Å². The fourth-order valence-electron chi connectivity index (χ4n) is 2.35. The van der Waals surface area contributed by atoms with Crippen LogP contribution in [0, 0.1) is 13.8 Å². The van der Waals surface area contributed by atoms with Crippen molar-refractivity contribution in [2.24, 2.45) is 4.99 Å². The van der Waals surface area contributed by atoms with Crippen molar-refractivity contribution in [1.82, 2.24) is 20.9 Å². The summed E-state index contributed by atoms with van der Waals surface area (Å²) >= 11 is 1.75. The van der Waals surface area contributed by atoms with Crippen molar-refractivity contribution in [3.8, 4) is 0 Å². The summed E-state index contributed by atoms with van der Waals surface area (Å²) in [6.45, 7) is 8.33. The number of carbonyl (C=O) groups is 1. The maximum absolute atomic E-state index is 11.6. The largest absolute Gasteiger partial charge is 0.357 e. The first kappa shape index (κ1) is 23.4. The normalized spacial score (nSPS) is 10.9. The van der Waals surface area contributed by atoms with Gasteiger partial charge in [0.25, 0.3) is 5.91 Å². The first-order valence-corrected chi connectivity index (χ1v) is 9.61. The molecule has 0 atom stereocenters. The van der Waals surface area contributed by atoms with Gasteiger partial charge in [0.15, 0.2) is 5.96 Å². The number of nitrogens with zero attached hydrogens (tertiary/aromatic N) is 2. The Labute approximate surface area is 182 Å². The van der Waals surface area contributed by atoms with Crippen molar-refractivity contribution in [2.45, 2.75) is 33.7 Å². The van der Waals surface area contributed by atoms with E-state index in [1.807, 2.05) is 38.1 Å². The van der Waals surface area contributed by atoms with Gasteiger partial charge in [-0.2, -0.15) is 0 Å². The molecule has 0 radical (unpaired) electrons. The number of nitrogens with one attached hydrogen (secondary N) is 3. The van der Waals surface area contributed by atoms with Crippen LogP contribution in [0.25, 0.3) is 0 Å². The van der Waals surface area contributed by atoms with Crippen LogP contribution < -0.4 is 16.0 Å². The zero-order valence-corrected chi connectivity index (χ0v) is 19.4. The van der Waals surface area contributed by atoms with Crippen molar-refractivity contribution in [3.63, 3.8) is 0 Å². The van der Waals surface area contributed by atoms with E-state index in [0.29, 0.717) is 12.1 Å². The minimum Gasteiger partial charge on any atom is -0.357 e. The second-order valence-electron chi connectivity index (χ2n) is 5.90. The maximum Gasteiger partial charge on any atom is 0.251 e. The Morgan fingerprint density at radius 2 is 1.89 bits per heavy atom. The number of aliphatic imine (C=N–C) groups is 1. The zero-order chi connectivity index (χ0) is 18.9. The number of hydrogen-bond donors (Lipinski definition) is 3. The molecule has 0 spiro atoms. The Balaban J connectivity index is 0.00000364. The highest BCUT2D eigenvalue weighted by Crippen LogP contribution is 2.16. The van der Waals surface area contributed by atoms with Gasteiger partial charge >= 0.3 is 0 Å². The molecule has 0 saturated heterocycles. The molecule has 1 amide bonds. The highest BCUT2D eigenvalue weighted by atomic mass is 127. The van der Waals surface area contributed by atoms with E-state index >= 15 is 0 Å². The van der Waals surface area contributed by atoms with Gasteiger partial charge in [-0.3, -0.25) is 4.79 Å². The molecule has 0 unspecified atom stereocenters. The molecule has 0 aliphatic carbocycles. The van der Waals surface area contributed by atoms with Crippen LogP contribution in [0.3, 0.4) is 0 Å². The average molecular weight is 501 g/mol. The van der Waals surface area contributed by atoms with Gasteiger partial charge in [0, 0.05) is 37.0 Å². The number of halogens is 1. The maximum atomic E-state index is 11.6. The van der Waals surface area contributed by atoms with Crippen molar-refractivity contribution in [3.05, 3.63) is 51.0 Å². The molecule has 1 aromatic heterocycles. The van der Waals surface area contributed by atoms with Crippen LogP contribution >= 0.6 is 35.3 Å². The predicted molar refractivity (Wildman–Crippen MR) is 123 cm³/mol. The molecule has 6 nitrogen and oxygen atoms in total. The van der Waals surface area contributed by atoms with E-state index in [0.717, 1.165) is 41.7 Å².